The van der Waals surface area contributed by atoms with Crippen LogP contribution in [0.3, 0.4) is 0 Å². The summed E-state index contributed by atoms with van der Waals surface area (Å²) >= 11 is 0. The van der Waals surface area contributed by atoms with Crippen molar-refractivity contribution in [1.82, 2.24) is 10.6 Å². The summed E-state index contributed by atoms with van der Waals surface area (Å²) in [6.07, 6.45) is 3.58. The maximum atomic E-state index is 11.9. The molecule has 0 aromatic rings. The lowest BCUT2D eigenvalue weighted by atomic mass is 9.71. The summed E-state index contributed by atoms with van der Waals surface area (Å²) in [6, 6.07) is 0. The van der Waals surface area contributed by atoms with Gasteiger partial charge in [-0.3, -0.25) is 0 Å². The van der Waals surface area contributed by atoms with Gasteiger partial charge in [0, 0.05) is 6.54 Å². The third-order valence-electron chi connectivity index (χ3n) is 4.04. The second kappa shape index (κ2) is 4.94. The molecule has 0 aromatic carbocycles. The number of nitrogens with one attached hydrogen (secondary N) is 2. The van der Waals surface area contributed by atoms with E-state index in [1.165, 1.54) is 0 Å². The first-order chi connectivity index (χ1) is 8.78. The number of ether oxygens (including phenoxy) is 2. The molecule has 0 radical (unpaired) electrons. The molecule has 2 bridgehead atoms. The number of likely N-dealkylation sites (N-methyl/N-ethyl adjacent to an activating group) is 1. The fraction of sp³-hybridized carbons (Fsp3) is 0.929. The minimum Gasteiger partial charge on any atom is -0.444 e. The molecule has 0 unspecified atom stereocenters. The second-order valence-corrected chi connectivity index (χ2v) is 6.91. The van der Waals surface area contributed by atoms with Gasteiger partial charge in [0.1, 0.15) is 5.60 Å². The van der Waals surface area contributed by atoms with E-state index in [0.29, 0.717) is 6.61 Å². The van der Waals surface area contributed by atoms with Gasteiger partial charge in [0.15, 0.2) is 0 Å². The molecule has 0 aromatic heterocycles. The Balaban J connectivity index is 1.92. The highest BCUT2D eigenvalue weighted by Crippen LogP contribution is 2.43. The highest BCUT2D eigenvalue weighted by molar-refractivity contribution is 5.69. The van der Waals surface area contributed by atoms with Crippen molar-refractivity contribution in [2.24, 2.45) is 0 Å². The van der Waals surface area contributed by atoms with E-state index < -0.39 is 5.60 Å². The first-order valence-electron chi connectivity index (χ1n) is 7.08. The van der Waals surface area contributed by atoms with Crippen molar-refractivity contribution in [2.45, 2.75) is 63.2 Å². The average Bonchev–Trinajstić information content (AvgIpc) is 2.29. The molecule has 1 aliphatic carbocycles. The van der Waals surface area contributed by atoms with E-state index in [2.05, 4.69) is 10.6 Å². The van der Waals surface area contributed by atoms with Gasteiger partial charge in [0.05, 0.1) is 17.7 Å². The Kier molecular flexibility index (Phi) is 3.80. The lowest BCUT2D eigenvalue weighted by Gasteiger charge is -2.53. The van der Waals surface area contributed by atoms with E-state index in [1.54, 1.807) is 0 Å². The highest BCUT2D eigenvalue weighted by atomic mass is 16.6. The minimum absolute atomic E-state index is 0.0217. The van der Waals surface area contributed by atoms with E-state index in [9.17, 15) is 4.79 Å². The predicted molar refractivity (Wildman–Crippen MR) is 73.2 cm³/mol. The molecule has 1 saturated carbocycles. The molecule has 110 valence electrons. The summed E-state index contributed by atoms with van der Waals surface area (Å²) in [5.41, 5.74) is -0.704. The molecular weight excluding hydrogens is 244 g/mol. The van der Waals surface area contributed by atoms with Crippen molar-refractivity contribution < 1.29 is 14.3 Å². The number of amides is 1. The van der Waals surface area contributed by atoms with Crippen LogP contribution in [0.2, 0.25) is 0 Å². The van der Waals surface area contributed by atoms with E-state index in [4.69, 9.17) is 9.47 Å². The molecule has 2 N–H and O–H groups in total. The molecule has 2 saturated heterocycles. The fourth-order valence-electron chi connectivity index (χ4n) is 3.00. The van der Waals surface area contributed by atoms with Crippen LogP contribution in [-0.4, -0.2) is 43.0 Å². The number of fused-ring (bicyclic) bond motifs is 3. The Morgan fingerprint density at radius 2 is 1.89 bits per heavy atom. The lowest BCUT2D eigenvalue weighted by Crippen LogP contribution is -2.65. The lowest BCUT2D eigenvalue weighted by molar-refractivity contribution is -0.157. The number of carbonyl (C=O) groups is 1. The van der Waals surface area contributed by atoms with Gasteiger partial charge >= 0.3 is 6.09 Å². The summed E-state index contributed by atoms with van der Waals surface area (Å²) in [6.45, 7) is 7.10. The normalized spacial score (nSPS) is 34.1. The maximum absolute atomic E-state index is 11.9. The summed E-state index contributed by atoms with van der Waals surface area (Å²) < 4.78 is 11.3. The molecule has 5 nitrogen and oxygen atoms in total. The molecule has 5 heteroatoms. The quantitative estimate of drug-likeness (QED) is 0.821. The number of rotatable bonds is 3. The highest BCUT2D eigenvalue weighted by Gasteiger charge is 2.50. The minimum atomic E-state index is -0.458. The van der Waals surface area contributed by atoms with Crippen LogP contribution < -0.4 is 10.6 Å². The van der Waals surface area contributed by atoms with Crippen LogP contribution in [0, 0.1) is 0 Å². The first kappa shape index (κ1) is 14.6. The van der Waals surface area contributed by atoms with E-state index in [-0.39, 0.29) is 17.2 Å². The largest absolute Gasteiger partial charge is 0.444 e. The first-order valence-corrected chi connectivity index (χ1v) is 7.08. The molecule has 3 rings (SSSR count). The van der Waals surface area contributed by atoms with E-state index >= 15 is 0 Å². The van der Waals surface area contributed by atoms with E-state index in [1.807, 2.05) is 27.8 Å². The van der Waals surface area contributed by atoms with Crippen LogP contribution >= 0.6 is 0 Å². The fourth-order valence-corrected chi connectivity index (χ4v) is 3.00. The van der Waals surface area contributed by atoms with Gasteiger partial charge < -0.3 is 20.1 Å². The van der Waals surface area contributed by atoms with Gasteiger partial charge in [-0.05, 0) is 53.5 Å². The van der Waals surface area contributed by atoms with Crippen LogP contribution in [-0.2, 0) is 9.47 Å². The summed E-state index contributed by atoms with van der Waals surface area (Å²) in [7, 11) is 1.95. The molecule has 3 fully saturated rings. The summed E-state index contributed by atoms with van der Waals surface area (Å²) in [5, 5.41) is 6.23. The van der Waals surface area contributed by atoms with Gasteiger partial charge in [-0.25, -0.2) is 4.79 Å². The molecule has 19 heavy (non-hydrogen) atoms. The van der Waals surface area contributed by atoms with Crippen LogP contribution in [0.4, 0.5) is 4.79 Å². The van der Waals surface area contributed by atoms with Crippen molar-refractivity contribution in [1.29, 1.82) is 0 Å². The van der Waals surface area contributed by atoms with Crippen molar-refractivity contribution in [3.63, 3.8) is 0 Å². The van der Waals surface area contributed by atoms with Crippen LogP contribution in [0.1, 0.15) is 46.5 Å². The predicted octanol–water partition coefficient (Wildman–Crippen LogP) is 1.81. The van der Waals surface area contributed by atoms with E-state index in [0.717, 1.165) is 32.2 Å². The number of carbonyl (C=O) groups excluding carboxylic acids is 1. The van der Waals surface area contributed by atoms with Crippen molar-refractivity contribution >= 4 is 6.09 Å². The molecule has 2 aliphatic heterocycles. The zero-order valence-corrected chi connectivity index (χ0v) is 12.5. The summed E-state index contributed by atoms with van der Waals surface area (Å²) in [5.74, 6) is 0. The van der Waals surface area contributed by atoms with Crippen LogP contribution in [0.5, 0.6) is 0 Å². The Hall–Kier alpha value is -0.810. The molecule has 1 amide bonds. The Morgan fingerprint density at radius 3 is 2.32 bits per heavy atom. The van der Waals surface area contributed by atoms with Crippen molar-refractivity contribution in [2.75, 3.05) is 20.2 Å². The molecule has 2 heterocycles. The zero-order chi connectivity index (χ0) is 14.1. The van der Waals surface area contributed by atoms with Gasteiger partial charge in [-0.1, -0.05) is 0 Å². The number of hydrogen-bond acceptors (Lipinski definition) is 4. The van der Waals surface area contributed by atoms with Crippen LogP contribution in [0.25, 0.3) is 0 Å². The zero-order valence-electron chi connectivity index (χ0n) is 12.5. The van der Waals surface area contributed by atoms with Crippen molar-refractivity contribution in [3.8, 4) is 0 Å². The Labute approximate surface area is 115 Å². The summed E-state index contributed by atoms with van der Waals surface area (Å²) in [4.78, 5) is 11.9. The number of alkyl carbamates (subject to hydrolysis) is 1. The topological polar surface area (TPSA) is 59.6 Å². The SMILES string of the molecule is CNCC12CCC(NC(=O)OC(C)(C)C)(CC1)CO2. The number of hydrogen-bond donors (Lipinski definition) is 2. The monoisotopic (exact) mass is 270 g/mol. The smallest absolute Gasteiger partial charge is 0.408 e. The third kappa shape index (κ3) is 3.39. The van der Waals surface area contributed by atoms with Crippen molar-refractivity contribution in [3.05, 3.63) is 0 Å². The van der Waals surface area contributed by atoms with Gasteiger partial charge in [0.25, 0.3) is 0 Å². The second-order valence-electron chi connectivity index (χ2n) is 6.91. The molecular formula is C14H26N2O3. The molecule has 0 spiro atoms. The molecule has 0 atom stereocenters. The standard InChI is InChI=1S/C14H26N2O3/c1-12(2,3)19-11(17)16-13-5-7-14(8-6-13,9-15-4)18-10-13/h15H,5-10H2,1-4H3,(H,16,17). The Morgan fingerprint density at radius 1 is 1.26 bits per heavy atom. The third-order valence-corrected chi connectivity index (χ3v) is 4.04. The van der Waals surface area contributed by atoms with Gasteiger partial charge in [0.2, 0.25) is 0 Å². The maximum Gasteiger partial charge on any atom is 0.408 e. The van der Waals surface area contributed by atoms with Crippen LogP contribution in [0.15, 0.2) is 0 Å². The average molecular weight is 270 g/mol. The Bertz CT molecular complexity index is 325. The van der Waals surface area contributed by atoms with Gasteiger partial charge in [-0.2, -0.15) is 0 Å². The van der Waals surface area contributed by atoms with Gasteiger partial charge in [-0.15, -0.1) is 0 Å². The molecule has 3 aliphatic rings.